The van der Waals surface area contributed by atoms with Crippen molar-refractivity contribution in [2.45, 2.75) is 32.6 Å². The zero-order valence-electron chi connectivity index (χ0n) is 14.0. The van der Waals surface area contributed by atoms with Crippen LogP contribution in [0, 0.1) is 5.92 Å². The minimum absolute atomic E-state index is 0.764. The molecule has 1 aromatic rings. The maximum atomic E-state index is 5.68. The Hall–Kier alpha value is -1.14. The number of rotatable bonds is 9. The third-order valence-electron chi connectivity index (χ3n) is 3.76. The second-order valence-electron chi connectivity index (χ2n) is 5.75. The molecule has 124 valence electrons. The number of guanidine groups is 1. The van der Waals surface area contributed by atoms with Crippen molar-refractivity contribution in [2.24, 2.45) is 10.9 Å². The molecule has 0 unspecified atom stereocenters. The van der Waals surface area contributed by atoms with Gasteiger partial charge in [0.25, 0.3) is 0 Å². The highest BCUT2D eigenvalue weighted by Gasteiger charge is 2.21. The smallest absolute Gasteiger partial charge is 0.193 e. The Morgan fingerprint density at radius 1 is 1.55 bits per heavy atom. The molecule has 0 radical (unpaired) electrons. The van der Waals surface area contributed by atoms with Crippen molar-refractivity contribution < 1.29 is 4.74 Å². The summed E-state index contributed by atoms with van der Waals surface area (Å²) >= 11 is 1.75. The number of nitrogens with zero attached hydrogens (tertiary/aromatic N) is 3. The van der Waals surface area contributed by atoms with Gasteiger partial charge in [-0.3, -0.25) is 4.99 Å². The summed E-state index contributed by atoms with van der Waals surface area (Å²) in [6.07, 6.45) is 4.63. The first-order valence-electron chi connectivity index (χ1n) is 8.15. The predicted molar refractivity (Wildman–Crippen MR) is 92.7 cm³/mol. The normalized spacial score (nSPS) is 15.1. The molecule has 5 nitrogen and oxygen atoms in total. The molecule has 0 saturated heterocycles. The maximum Gasteiger partial charge on any atom is 0.193 e. The molecule has 2 rings (SSSR count). The summed E-state index contributed by atoms with van der Waals surface area (Å²) in [6.45, 7) is 5.54. The second kappa shape index (κ2) is 9.10. The van der Waals surface area contributed by atoms with Gasteiger partial charge in [-0.1, -0.05) is 6.92 Å². The molecule has 1 aliphatic rings. The van der Waals surface area contributed by atoms with E-state index in [0.717, 1.165) is 51.0 Å². The van der Waals surface area contributed by atoms with E-state index in [2.05, 4.69) is 32.5 Å². The molecule has 1 N–H and O–H groups in total. The molecule has 0 spiro atoms. The Labute approximate surface area is 137 Å². The van der Waals surface area contributed by atoms with Crippen LogP contribution in [0.25, 0.3) is 0 Å². The summed E-state index contributed by atoms with van der Waals surface area (Å²) < 4.78 is 5.68. The fourth-order valence-electron chi connectivity index (χ4n) is 2.16. The first-order chi connectivity index (χ1) is 10.7. The number of hydrogen-bond donors (Lipinski definition) is 1. The van der Waals surface area contributed by atoms with Gasteiger partial charge in [0.05, 0.1) is 17.3 Å². The van der Waals surface area contributed by atoms with Crippen LogP contribution >= 0.6 is 11.3 Å². The van der Waals surface area contributed by atoms with Gasteiger partial charge in [-0.2, -0.15) is 0 Å². The summed E-state index contributed by atoms with van der Waals surface area (Å²) in [7, 11) is 3.87. The first-order valence-corrected chi connectivity index (χ1v) is 9.03. The molecule has 1 fully saturated rings. The summed E-state index contributed by atoms with van der Waals surface area (Å²) in [5.74, 6) is 1.75. The van der Waals surface area contributed by atoms with E-state index in [1.165, 1.54) is 23.5 Å². The van der Waals surface area contributed by atoms with E-state index in [1.54, 1.807) is 11.3 Å². The third kappa shape index (κ3) is 5.93. The molecule has 22 heavy (non-hydrogen) atoms. The molecule has 1 saturated carbocycles. The number of aryl methyl sites for hydroxylation is 1. The SMILES string of the molecule is CCc1nc(CCNC(=NC)N(C)CCOCC2CC2)cs1. The zero-order chi connectivity index (χ0) is 15.8. The van der Waals surface area contributed by atoms with E-state index in [4.69, 9.17) is 4.74 Å². The molecule has 0 amide bonds. The zero-order valence-corrected chi connectivity index (χ0v) is 14.8. The lowest BCUT2D eigenvalue weighted by molar-refractivity contribution is 0.115. The molecule has 0 aliphatic heterocycles. The number of aromatic nitrogens is 1. The molecule has 0 bridgehead atoms. The lowest BCUT2D eigenvalue weighted by Gasteiger charge is -2.21. The van der Waals surface area contributed by atoms with Crippen molar-refractivity contribution in [3.63, 3.8) is 0 Å². The van der Waals surface area contributed by atoms with Crippen LogP contribution in [0.5, 0.6) is 0 Å². The van der Waals surface area contributed by atoms with Gasteiger partial charge in [0.2, 0.25) is 0 Å². The Kier molecular flexibility index (Phi) is 7.12. The standard InChI is InChI=1S/C16H28N4OS/c1-4-15-19-14(12-22-15)7-8-18-16(17-2)20(3)9-10-21-11-13-5-6-13/h12-13H,4-11H2,1-3H3,(H,17,18). The molecular formula is C16H28N4OS. The number of likely N-dealkylation sites (N-methyl/N-ethyl adjacent to an activating group) is 1. The molecule has 1 aliphatic carbocycles. The summed E-state index contributed by atoms with van der Waals surface area (Å²) in [5, 5.41) is 6.76. The second-order valence-corrected chi connectivity index (χ2v) is 6.69. The van der Waals surface area contributed by atoms with Gasteiger partial charge in [-0.05, 0) is 25.2 Å². The van der Waals surface area contributed by atoms with Gasteiger partial charge in [-0.25, -0.2) is 4.98 Å². The number of thiazole rings is 1. The fraction of sp³-hybridized carbons (Fsp3) is 0.750. The van der Waals surface area contributed by atoms with E-state index in [9.17, 15) is 0 Å². The Morgan fingerprint density at radius 3 is 3.00 bits per heavy atom. The van der Waals surface area contributed by atoms with Gasteiger partial charge < -0.3 is 15.0 Å². The Balaban J connectivity index is 1.62. The number of nitrogens with one attached hydrogen (secondary N) is 1. The third-order valence-corrected chi connectivity index (χ3v) is 4.80. The van der Waals surface area contributed by atoms with Gasteiger partial charge in [-0.15, -0.1) is 11.3 Å². The monoisotopic (exact) mass is 324 g/mol. The summed E-state index contributed by atoms with van der Waals surface area (Å²) in [6, 6.07) is 0. The van der Waals surface area contributed by atoms with Crippen LogP contribution < -0.4 is 5.32 Å². The van der Waals surface area contributed by atoms with E-state index in [1.807, 2.05) is 14.1 Å². The lowest BCUT2D eigenvalue weighted by Crippen LogP contribution is -2.41. The molecule has 1 aromatic heterocycles. The topological polar surface area (TPSA) is 49.8 Å². The van der Waals surface area contributed by atoms with Crippen LogP contribution in [0.3, 0.4) is 0 Å². The van der Waals surface area contributed by atoms with Gasteiger partial charge in [0.1, 0.15) is 0 Å². The highest BCUT2D eigenvalue weighted by Crippen LogP contribution is 2.28. The van der Waals surface area contributed by atoms with Crippen molar-refractivity contribution in [1.29, 1.82) is 0 Å². The molecule has 1 heterocycles. The highest BCUT2D eigenvalue weighted by molar-refractivity contribution is 7.09. The minimum Gasteiger partial charge on any atom is -0.379 e. The highest BCUT2D eigenvalue weighted by atomic mass is 32.1. The van der Waals surface area contributed by atoms with Crippen molar-refractivity contribution in [3.8, 4) is 0 Å². The van der Waals surface area contributed by atoms with Crippen LogP contribution in [0.2, 0.25) is 0 Å². The summed E-state index contributed by atoms with van der Waals surface area (Å²) in [4.78, 5) is 11.0. The van der Waals surface area contributed by atoms with Crippen molar-refractivity contribution >= 4 is 17.3 Å². The molecule has 0 aromatic carbocycles. The molecule has 6 heteroatoms. The van der Waals surface area contributed by atoms with E-state index < -0.39 is 0 Å². The van der Waals surface area contributed by atoms with E-state index in [0.29, 0.717) is 0 Å². The Bertz CT molecular complexity index is 470. The first kappa shape index (κ1) is 17.2. The van der Waals surface area contributed by atoms with Crippen LogP contribution in [-0.2, 0) is 17.6 Å². The maximum absolute atomic E-state index is 5.68. The quantitative estimate of drug-likeness (QED) is 0.430. The van der Waals surface area contributed by atoms with Crippen LogP contribution in [0.4, 0.5) is 0 Å². The average Bonchev–Trinajstić information content (AvgIpc) is 3.24. The largest absolute Gasteiger partial charge is 0.379 e. The van der Waals surface area contributed by atoms with Gasteiger partial charge in [0.15, 0.2) is 5.96 Å². The van der Waals surface area contributed by atoms with Crippen LogP contribution in [0.15, 0.2) is 10.4 Å². The number of aliphatic imine (C=N–C) groups is 1. The summed E-state index contributed by atoms with van der Waals surface area (Å²) in [5.41, 5.74) is 1.17. The number of hydrogen-bond acceptors (Lipinski definition) is 4. The minimum atomic E-state index is 0.764. The van der Waals surface area contributed by atoms with Crippen molar-refractivity contribution in [3.05, 3.63) is 16.1 Å². The van der Waals surface area contributed by atoms with E-state index >= 15 is 0 Å². The average molecular weight is 324 g/mol. The van der Waals surface area contributed by atoms with Crippen molar-refractivity contribution in [1.82, 2.24) is 15.2 Å². The predicted octanol–water partition coefficient (Wildman–Crippen LogP) is 2.18. The Morgan fingerprint density at radius 2 is 2.36 bits per heavy atom. The van der Waals surface area contributed by atoms with Gasteiger partial charge in [0, 0.05) is 45.6 Å². The van der Waals surface area contributed by atoms with Crippen molar-refractivity contribution in [2.75, 3.05) is 40.4 Å². The van der Waals surface area contributed by atoms with Gasteiger partial charge >= 0.3 is 0 Å². The number of ether oxygens (including phenoxy) is 1. The fourth-order valence-corrected chi connectivity index (χ4v) is 2.93. The lowest BCUT2D eigenvalue weighted by atomic mass is 10.3. The van der Waals surface area contributed by atoms with Crippen LogP contribution in [0.1, 0.15) is 30.5 Å². The van der Waals surface area contributed by atoms with Crippen LogP contribution in [-0.4, -0.2) is 56.2 Å². The van der Waals surface area contributed by atoms with E-state index in [-0.39, 0.29) is 0 Å². The molecular weight excluding hydrogens is 296 g/mol. The molecule has 0 atom stereocenters.